The maximum absolute atomic E-state index is 10.4. The van der Waals surface area contributed by atoms with E-state index in [0.29, 0.717) is 25.4 Å². The Balaban J connectivity index is 1.78. The fourth-order valence-electron chi connectivity index (χ4n) is 3.12. The van der Waals surface area contributed by atoms with E-state index in [4.69, 9.17) is 9.94 Å². The highest BCUT2D eigenvalue weighted by molar-refractivity contribution is 5.93. The molecule has 2 fully saturated rings. The van der Waals surface area contributed by atoms with E-state index in [2.05, 4.69) is 5.16 Å². The number of carbonyl (C=O) groups is 1. The van der Waals surface area contributed by atoms with E-state index < -0.39 is 18.2 Å². The zero-order valence-corrected chi connectivity index (χ0v) is 12.2. The second kappa shape index (κ2) is 7.04. The van der Waals surface area contributed by atoms with Gasteiger partial charge in [0.15, 0.2) is 0 Å². The molecule has 0 radical (unpaired) electrons. The van der Waals surface area contributed by atoms with E-state index in [1.165, 1.54) is 0 Å². The number of aliphatic carboxylic acids is 1. The second-order valence-electron chi connectivity index (χ2n) is 5.89. The molecule has 0 bridgehead atoms. The number of fused-ring (bicyclic) bond motifs is 1. The lowest BCUT2D eigenvalue weighted by Crippen LogP contribution is -2.36. The van der Waals surface area contributed by atoms with Crippen LogP contribution in [-0.2, 0) is 9.63 Å². The molecule has 6 heteroatoms. The Labute approximate surface area is 124 Å². The highest BCUT2D eigenvalue weighted by Crippen LogP contribution is 2.49. The van der Waals surface area contributed by atoms with Gasteiger partial charge < -0.3 is 20.2 Å². The third kappa shape index (κ3) is 4.04. The number of aliphatic hydroxyl groups excluding tert-OH is 2. The van der Waals surface area contributed by atoms with Gasteiger partial charge in [0.2, 0.25) is 0 Å². The zero-order chi connectivity index (χ0) is 15.4. The Morgan fingerprint density at radius 3 is 3.00 bits per heavy atom. The molecule has 0 aromatic rings. The minimum Gasteiger partial charge on any atom is -0.481 e. The van der Waals surface area contributed by atoms with Crippen molar-refractivity contribution in [2.45, 2.75) is 44.8 Å². The molecule has 2 aliphatic carbocycles. The van der Waals surface area contributed by atoms with Crippen molar-refractivity contribution in [3.8, 4) is 0 Å². The van der Waals surface area contributed by atoms with Gasteiger partial charge in [0, 0.05) is 18.3 Å². The first-order chi connectivity index (χ1) is 9.99. The van der Waals surface area contributed by atoms with Gasteiger partial charge >= 0.3 is 5.97 Å². The zero-order valence-electron chi connectivity index (χ0n) is 12.2. The smallest absolute Gasteiger partial charge is 0.303 e. The summed E-state index contributed by atoms with van der Waals surface area (Å²) in [5, 5.41) is 31.9. The van der Waals surface area contributed by atoms with Crippen LogP contribution in [0, 0.1) is 17.8 Å². The summed E-state index contributed by atoms with van der Waals surface area (Å²) in [4.78, 5) is 15.5. The van der Waals surface area contributed by atoms with Crippen molar-refractivity contribution in [3.05, 3.63) is 12.2 Å². The molecule has 5 atom stereocenters. The van der Waals surface area contributed by atoms with Crippen LogP contribution in [0.25, 0.3) is 0 Å². The number of hydrogen-bond donors (Lipinski definition) is 3. The van der Waals surface area contributed by atoms with E-state index in [0.717, 1.165) is 12.1 Å². The third-order valence-electron chi connectivity index (χ3n) is 4.24. The van der Waals surface area contributed by atoms with Crippen molar-refractivity contribution in [1.29, 1.82) is 0 Å². The van der Waals surface area contributed by atoms with Crippen LogP contribution in [0.15, 0.2) is 17.3 Å². The lowest BCUT2D eigenvalue weighted by Gasteiger charge is -2.34. The molecule has 0 aliphatic heterocycles. The van der Waals surface area contributed by atoms with Crippen LogP contribution in [0.3, 0.4) is 0 Å². The van der Waals surface area contributed by atoms with Crippen LogP contribution in [0.4, 0.5) is 0 Å². The highest BCUT2D eigenvalue weighted by atomic mass is 16.6. The Hall–Kier alpha value is -1.40. The van der Waals surface area contributed by atoms with E-state index in [-0.39, 0.29) is 18.3 Å². The number of rotatable bonds is 7. The normalized spacial score (nSPS) is 34.7. The van der Waals surface area contributed by atoms with Gasteiger partial charge in [0.25, 0.3) is 0 Å². The molecule has 2 saturated carbocycles. The first-order valence-corrected chi connectivity index (χ1v) is 7.44. The molecule has 0 aromatic heterocycles. The Morgan fingerprint density at radius 1 is 1.57 bits per heavy atom. The van der Waals surface area contributed by atoms with Gasteiger partial charge in [-0.05, 0) is 32.1 Å². The van der Waals surface area contributed by atoms with Gasteiger partial charge in [-0.1, -0.05) is 17.3 Å². The minimum atomic E-state index is -0.832. The molecular weight excluding hydrogens is 274 g/mol. The van der Waals surface area contributed by atoms with Crippen LogP contribution in [0.5, 0.6) is 0 Å². The fourth-order valence-corrected chi connectivity index (χ4v) is 3.12. The lowest BCUT2D eigenvalue weighted by molar-refractivity contribution is -0.137. The Bertz CT molecular complexity index is 432. The molecule has 0 saturated heterocycles. The number of hydrogen-bond acceptors (Lipinski definition) is 5. The third-order valence-corrected chi connectivity index (χ3v) is 4.24. The van der Waals surface area contributed by atoms with Gasteiger partial charge in [-0.3, -0.25) is 4.79 Å². The van der Waals surface area contributed by atoms with Gasteiger partial charge in [-0.25, -0.2) is 0 Å². The van der Waals surface area contributed by atoms with Crippen LogP contribution in [0.2, 0.25) is 0 Å². The molecule has 0 amide bonds. The van der Waals surface area contributed by atoms with E-state index in [1.807, 2.05) is 6.08 Å². The molecule has 0 heterocycles. The highest BCUT2D eigenvalue weighted by Gasteiger charge is 2.51. The number of nitrogens with zero attached hydrogens (tertiary/aromatic N) is 1. The Kier molecular flexibility index (Phi) is 5.36. The minimum absolute atomic E-state index is 0.0792. The fraction of sp³-hybridized carbons (Fsp3) is 0.733. The van der Waals surface area contributed by atoms with Gasteiger partial charge in [0.05, 0.1) is 17.9 Å². The standard InChI is InChI=1S/C15H23NO5/c1-9(17)4-5-10-11-7-13(12(11)8-14(10)18)16-21-6-2-3-15(19)20/h4-5,9-12,14,17-18H,2-3,6-8H2,1H3,(H,19,20)/t9?,10?,11-,12-,14?/m0/s1. The van der Waals surface area contributed by atoms with Crippen molar-refractivity contribution in [3.63, 3.8) is 0 Å². The molecule has 0 aromatic carbocycles. The summed E-state index contributed by atoms with van der Waals surface area (Å²) in [6.45, 7) is 2.00. The predicted molar refractivity (Wildman–Crippen MR) is 76.8 cm³/mol. The van der Waals surface area contributed by atoms with Crippen LogP contribution < -0.4 is 0 Å². The quantitative estimate of drug-likeness (QED) is 0.372. The molecule has 0 spiro atoms. The second-order valence-corrected chi connectivity index (χ2v) is 5.89. The summed E-state index contributed by atoms with van der Waals surface area (Å²) in [5.41, 5.74) is 0.960. The first kappa shape index (κ1) is 16.0. The maximum atomic E-state index is 10.4. The van der Waals surface area contributed by atoms with Gasteiger partial charge in [-0.2, -0.15) is 0 Å². The number of oxime groups is 1. The molecule has 21 heavy (non-hydrogen) atoms. The van der Waals surface area contributed by atoms with Crippen LogP contribution in [-0.4, -0.2) is 45.8 Å². The predicted octanol–water partition coefficient (Wildman–Crippen LogP) is 1.18. The topological polar surface area (TPSA) is 99.4 Å². The van der Waals surface area contributed by atoms with Crippen molar-refractivity contribution < 1.29 is 25.0 Å². The van der Waals surface area contributed by atoms with E-state index in [9.17, 15) is 15.0 Å². The number of carboxylic acid groups (broad SMARTS) is 1. The largest absolute Gasteiger partial charge is 0.481 e. The SMILES string of the molecule is CC(O)C=CC1C(O)C[C@@H]2C(=NOCCCC(=O)O)C[C@@H]12. The lowest BCUT2D eigenvalue weighted by atomic mass is 9.71. The molecule has 3 N–H and O–H groups in total. The molecular formula is C15H23NO5. The average molecular weight is 297 g/mol. The van der Waals surface area contributed by atoms with Crippen molar-refractivity contribution in [2.75, 3.05) is 6.61 Å². The Morgan fingerprint density at radius 2 is 2.33 bits per heavy atom. The van der Waals surface area contributed by atoms with Crippen molar-refractivity contribution >= 4 is 11.7 Å². The van der Waals surface area contributed by atoms with Crippen LogP contribution >= 0.6 is 0 Å². The molecule has 2 aliphatic rings. The summed E-state index contributed by atoms with van der Waals surface area (Å²) < 4.78 is 0. The van der Waals surface area contributed by atoms with Crippen molar-refractivity contribution in [1.82, 2.24) is 0 Å². The molecule has 3 unspecified atom stereocenters. The summed E-state index contributed by atoms with van der Waals surface area (Å²) in [5.74, 6) is -0.128. The van der Waals surface area contributed by atoms with E-state index >= 15 is 0 Å². The summed E-state index contributed by atoms with van der Waals surface area (Å²) in [6.07, 6.45) is 4.74. The molecule has 118 valence electrons. The van der Waals surface area contributed by atoms with Gasteiger partial charge in [-0.15, -0.1) is 0 Å². The first-order valence-electron chi connectivity index (χ1n) is 7.44. The van der Waals surface area contributed by atoms with E-state index in [1.54, 1.807) is 13.0 Å². The molecule has 2 rings (SSSR count). The summed E-state index contributed by atoms with van der Waals surface area (Å²) >= 11 is 0. The average Bonchev–Trinajstić information content (AvgIpc) is 2.63. The number of aliphatic hydroxyl groups is 2. The molecule has 6 nitrogen and oxygen atoms in total. The van der Waals surface area contributed by atoms with Gasteiger partial charge in [0.1, 0.15) is 6.61 Å². The summed E-state index contributed by atoms with van der Waals surface area (Å²) in [6, 6.07) is 0. The monoisotopic (exact) mass is 297 g/mol. The summed E-state index contributed by atoms with van der Waals surface area (Å²) in [7, 11) is 0. The maximum Gasteiger partial charge on any atom is 0.303 e. The van der Waals surface area contributed by atoms with Crippen molar-refractivity contribution in [2.24, 2.45) is 22.9 Å². The van der Waals surface area contributed by atoms with Crippen LogP contribution in [0.1, 0.15) is 32.6 Å². The number of carboxylic acids is 1.